The summed E-state index contributed by atoms with van der Waals surface area (Å²) < 4.78 is 0. The molecule has 110 valence electrons. The average molecular weight is 270 g/mol. The van der Waals surface area contributed by atoms with Gasteiger partial charge >= 0.3 is 6.09 Å². The maximum absolute atomic E-state index is 12.4. The van der Waals surface area contributed by atoms with E-state index in [9.17, 15) is 9.59 Å². The first kappa shape index (κ1) is 17.5. The predicted octanol–water partition coefficient (Wildman–Crippen LogP) is 2.48. The van der Waals surface area contributed by atoms with E-state index in [1.54, 1.807) is 4.90 Å². The molecule has 5 heteroatoms. The van der Waals surface area contributed by atoms with Gasteiger partial charge in [0.25, 0.3) is 0 Å². The van der Waals surface area contributed by atoms with E-state index in [0.29, 0.717) is 6.54 Å². The van der Waals surface area contributed by atoms with Crippen LogP contribution >= 0.6 is 0 Å². The van der Waals surface area contributed by atoms with E-state index < -0.39 is 12.1 Å². The highest BCUT2D eigenvalue weighted by atomic mass is 16.4. The summed E-state index contributed by atoms with van der Waals surface area (Å²) in [6.45, 7) is 11.8. The zero-order valence-electron chi connectivity index (χ0n) is 12.3. The lowest BCUT2D eigenvalue weighted by atomic mass is 10.0. The molecule has 0 rings (SSSR count). The van der Waals surface area contributed by atoms with E-state index in [1.165, 1.54) is 0 Å². The Labute approximate surface area is 115 Å². The smallest absolute Gasteiger partial charge is 0.405 e. The Balaban J connectivity index is 4.81. The minimum atomic E-state index is -1.16. The molecular formula is C14H26N2O3. The Morgan fingerprint density at radius 1 is 1.32 bits per heavy atom. The van der Waals surface area contributed by atoms with Crippen molar-refractivity contribution in [2.75, 3.05) is 6.54 Å². The van der Waals surface area contributed by atoms with Crippen molar-refractivity contribution in [2.45, 2.75) is 52.6 Å². The van der Waals surface area contributed by atoms with Crippen LogP contribution in [0.15, 0.2) is 12.7 Å². The number of nitrogens with zero attached hydrogens (tertiary/aromatic N) is 1. The fourth-order valence-electron chi connectivity index (χ4n) is 1.85. The number of carbonyl (C=O) groups excluding carboxylic acids is 1. The molecule has 0 aromatic carbocycles. The Bertz CT molecular complexity index is 314. The molecule has 0 aliphatic heterocycles. The number of unbranched alkanes of at least 4 members (excludes halogenated alkanes) is 1. The number of hydrogen-bond donors (Lipinski definition) is 2. The normalized spacial score (nSPS) is 12.3. The number of nitrogens with one attached hydrogen (secondary N) is 1. The van der Waals surface area contributed by atoms with Gasteiger partial charge in [0.15, 0.2) is 0 Å². The first-order chi connectivity index (χ1) is 8.81. The van der Waals surface area contributed by atoms with Crippen LogP contribution in [0.2, 0.25) is 0 Å². The van der Waals surface area contributed by atoms with Gasteiger partial charge in [-0.25, -0.2) is 4.79 Å². The largest absolute Gasteiger partial charge is 0.465 e. The van der Waals surface area contributed by atoms with Crippen molar-refractivity contribution >= 4 is 12.0 Å². The summed E-state index contributed by atoms with van der Waals surface area (Å²) in [7, 11) is 0. The molecular weight excluding hydrogens is 244 g/mol. The highest BCUT2D eigenvalue weighted by molar-refractivity contribution is 5.85. The fourth-order valence-corrected chi connectivity index (χ4v) is 1.85. The monoisotopic (exact) mass is 270 g/mol. The van der Waals surface area contributed by atoms with Gasteiger partial charge < -0.3 is 15.3 Å². The van der Waals surface area contributed by atoms with Crippen molar-refractivity contribution in [1.82, 2.24) is 10.2 Å². The van der Waals surface area contributed by atoms with Crippen molar-refractivity contribution in [1.29, 1.82) is 0 Å². The molecule has 19 heavy (non-hydrogen) atoms. The van der Waals surface area contributed by atoms with Crippen LogP contribution in [0, 0.1) is 5.92 Å². The van der Waals surface area contributed by atoms with Crippen molar-refractivity contribution < 1.29 is 14.7 Å². The topological polar surface area (TPSA) is 69.6 Å². The first-order valence-corrected chi connectivity index (χ1v) is 6.72. The highest BCUT2D eigenvalue weighted by Crippen LogP contribution is 2.11. The van der Waals surface area contributed by atoms with Crippen molar-refractivity contribution in [3.05, 3.63) is 12.7 Å². The summed E-state index contributed by atoms with van der Waals surface area (Å²) in [6, 6.07) is -0.641. The summed E-state index contributed by atoms with van der Waals surface area (Å²) in [4.78, 5) is 24.9. The lowest BCUT2D eigenvalue weighted by Gasteiger charge is -2.32. The van der Waals surface area contributed by atoms with E-state index >= 15 is 0 Å². The maximum Gasteiger partial charge on any atom is 0.405 e. The maximum atomic E-state index is 12.4. The Kier molecular flexibility index (Phi) is 7.87. The molecule has 0 saturated heterocycles. The molecule has 0 aliphatic carbocycles. The second-order valence-corrected chi connectivity index (χ2v) is 5.23. The van der Waals surface area contributed by atoms with Gasteiger partial charge in [0, 0.05) is 12.6 Å². The van der Waals surface area contributed by atoms with E-state index in [1.807, 2.05) is 33.8 Å². The molecule has 0 bridgehead atoms. The molecule has 0 heterocycles. The molecule has 2 amide bonds. The minimum Gasteiger partial charge on any atom is -0.465 e. The molecule has 1 unspecified atom stereocenters. The molecule has 0 aromatic rings. The van der Waals surface area contributed by atoms with Crippen LogP contribution in [0.4, 0.5) is 4.79 Å². The predicted molar refractivity (Wildman–Crippen MR) is 76.1 cm³/mol. The van der Waals surface area contributed by atoms with Gasteiger partial charge in [-0.15, -0.1) is 6.58 Å². The van der Waals surface area contributed by atoms with Crippen LogP contribution in [-0.2, 0) is 4.79 Å². The number of carbonyl (C=O) groups is 2. The molecule has 0 radical (unpaired) electrons. The SMILES string of the molecule is C=CCCCN(C(=O)C(NC(=O)O)C(C)C)C(C)C. The van der Waals surface area contributed by atoms with Gasteiger partial charge in [0.1, 0.15) is 6.04 Å². The summed E-state index contributed by atoms with van der Waals surface area (Å²) >= 11 is 0. The summed E-state index contributed by atoms with van der Waals surface area (Å²) in [5.74, 6) is -0.235. The highest BCUT2D eigenvalue weighted by Gasteiger charge is 2.29. The lowest BCUT2D eigenvalue weighted by molar-refractivity contribution is -0.136. The molecule has 0 aromatic heterocycles. The van der Waals surface area contributed by atoms with Gasteiger partial charge in [0.2, 0.25) is 5.91 Å². The Hall–Kier alpha value is -1.52. The Morgan fingerprint density at radius 2 is 1.89 bits per heavy atom. The van der Waals surface area contributed by atoms with E-state index in [0.717, 1.165) is 12.8 Å². The third-order valence-electron chi connectivity index (χ3n) is 2.93. The van der Waals surface area contributed by atoms with Crippen molar-refractivity contribution in [2.24, 2.45) is 5.92 Å². The molecule has 0 aliphatic rings. The minimum absolute atomic E-state index is 0.0501. The van der Waals surface area contributed by atoms with Crippen LogP contribution < -0.4 is 5.32 Å². The van der Waals surface area contributed by atoms with Gasteiger partial charge in [-0.2, -0.15) is 0 Å². The molecule has 1 atom stereocenters. The standard InChI is InChI=1S/C14H26N2O3/c1-6-7-8-9-16(11(4)5)13(17)12(10(2)3)15-14(18)19/h6,10-12,15H,1,7-9H2,2-5H3,(H,18,19). The summed E-state index contributed by atoms with van der Waals surface area (Å²) in [5, 5.41) is 11.1. The van der Waals surface area contributed by atoms with Gasteiger partial charge in [0.05, 0.1) is 0 Å². The molecule has 5 nitrogen and oxygen atoms in total. The summed E-state index contributed by atoms with van der Waals surface area (Å²) in [6.07, 6.45) is 2.33. The zero-order valence-corrected chi connectivity index (χ0v) is 12.3. The number of hydrogen-bond acceptors (Lipinski definition) is 2. The number of rotatable bonds is 8. The second-order valence-electron chi connectivity index (χ2n) is 5.23. The number of amides is 2. The van der Waals surface area contributed by atoms with Gasteiger partial charge in [-0.3, -0.25) is 4.79 Å². The van der Waals surface area contributed by atoms with E-state index in [-0.39, 0.29) is 17.9 Å². The zero-order chi connectivity index (χ0) is 15.0. The third-order valence-corrected chi connectivity index (χ3v) is 2.93. The van der Waals surface area contributed by atoms with Crippen LogP contribution in [-0.4, -0.2) is 40.6 Å². The quantitative estimate of drug-likeness (QED) is 0.526. The molecule has 0 fully saturated rings. The molecule has 0 spiro atoms. The van der Waals surface area contributed by atoms with Crippen molar-refractivity contribution in [3.8, 4) is 0 Å². The van der Waals surface area contributed by atoms with E-state index in [2.05, 4.69) is 11.9 Å². The molecule has 2 N–H and O–H groups in total. The average Bonchev–Trinajstić information content (AvgIpc) is 2.30. The van der Waals surface area contributed by atoms with Gasteiger partial charge in [-0.1, -0.05) is 19.9 Å². The summed E-state index contributed by atoms with van der Waals surface area (Å²) in [5.41, 5.74) is 0. The third kappa shape index (κ3) is 6.27. The number of allylic oxidation sites excluding steroid dienone is 1. The lowest BCUT2D eigenvalue weighted by Crippen LogP contribution is -2.53. The number of carboxylic acid groups (broad SMARTS) is 1. The molecule has 0 saturated carbocycles. The first-order valence-electron chi connectivity index (χ1n) is 6.72. The van der Waals surface area contributed by atoms with Crippen LogP contribution in [0.3, 0.4) is 0 Å². The van der Waals surface area contributed by atoms with Crippen LogP contribution in [0.5, 0.6) is 0 Å². The van der Waals surface area contributed by atoms with E-state index in [4.69, 9.17) is 5.11 Å². The van der Waals surface area contributed by atoms with Crippen LogP contribution in [0.25, 0.3) is 0 Å². The Morgan fingerprint density at radius 3 is 2.26 bits per heavy atom. The van der Waals surface area contributed by atoms with Crippen molar-refractivity contribution in [3.63, 3.8) is 0 Å². The fraction of sp³-hybridized carbons (Fsp3) is 0.714. The second kappa shape index (κ2) is 8.56. The van der Waals surface area contributed by atoms with Gasteiger partial charge in [-0.05, 0) is 32.6 Å². The van der Waals surface area contributed by atoms with Crippen LogP contribution in [0.1, 0.15) is 40.5 Å².